The molecule has 1 unspecified atom stereocenters. The van der Waals surface area contributed by atoms with E-state index in [2.05, 4.69) is 5.32 Å². The third kappa shape index (κ3) is 5.45. The summed E-state index contributed by atoms with van der Waals surface area (Å²) >= 11 is 0. The van der Waals surface area contributed by atoms with Gasteiger partial charge in [0, 0.05) is 17.3 Å². The van der Waals surface area contributed by atoms with Gasteiger partial charge in [-0.05, 0) is 38.0 Å². The van der Waals surface area contributed by atoms with Crippen molar-refractivity contribution in [2.24, 2.45) is 0 Å². The molecule has 2 aromatic rings. The zero-order valence-corrected chi connectivity index (χ0v) is 15.2. The summed E-state index contributed by atoms with van der Waals surface area (Å²) in [5, 5.41) is 2.87. The number of allylic oxidation sites excluding steroid dienone is 3. The number of esters is 1. The highest BCUT2D eigenvalue weighted by Gasteiger charge is 2.24. The van der Waals surface area contributed by atoms with Gasteiger partial charge in [-0.3, -0.25) is 4.79 Å². The summed E-state index contributed by atoms with van der Waals surface area (Å²) in [5.41, 5.74) is 3.29. The summed E-state index contributed by atoms with van der Waals surface area (Å²) in [6.45, 7) is 5.72. The Labute approximate surface area is 154 Å². The van der Waals surface area contributed by atoms with Crippen molar-refractivity contribution in [2.45, 2.75) is 26.9 Å². The van der Waals surface area contributed by atoms with Crippen LogP contribution in [0.25, 0.3) is 0 Å². The molecule has 0 fully saturated rings. The average Bonchev–Trinajstić information content (AvgIpc) is 2.63. The van der Waals surface area contributed by atoms with Gasteiger partial charge >= 0.3 is 5.97 Å². The average molecular weight is 349 g/mol. The first-order valence-corrected chi connectivity index (χ1v) is 8.44. The van der Waals surface area contributed by atoms with E-state index in [0.717, 1.165) is 11.1 Å². The highest BCUT2D eigenvalue weighted by molar-refractivity contribution is 5.97. The summed E-state index contributed by atoms with van der Waals surface area (Å²) in [4.78, 5) is 24.9. The predicted molar refractivity (Wildman–Crippen MR) is 104 cm³/mol. The molecular formula is C22H23NO3. The molecule has 0 aromatic heterocycles. The lowest BCUT2D eigenvalue weighted by atomic mass is 10.1. The molecule has 0 aliphatic rings. The first-order valence-electron chi connectivity index (χ1n) is 8.44. The normalized spacial score (nSPS) is 12.3. The van der Waals surface area contributed by atoms with E-state index < -0.39 is 18.0 Å². The van der Waals surface area contributed by atoms with Gasteiger partial charge in [-0.15, -0.1) is 0 Å². The van der Waals surface area contributed by atoms with Gasteiger partial charge in [-0.2, -0.15) is 0 Å². The number of aryl methyl sites for hydroxylation is 2. The van der Waals surface area contributed by atoms with Crippen molar-refractivity contribution in [1.82, 2.24) is 0 Å². The molecule has 134 valence electrons. The van der Waals surface area contributed by atoms with E-state index in [1.807, 2.05) is 45.0 Å². The second-order valence-electron chi connectivity index (χ2n) is 5.92. The van der Waals surface area contributed by atoms with Crippen molar-refractivity contribution in [2.75, 3.05) is 5.32 Å². The first kappa shape index (κ1) is 19.2. The van der Waals surface area contributed by atoms with Crippen LogP contribution < -0.4 is 5.32 Å². The standard InChI is InChI=1S/C22H23NO3/c1-4-5-7-12-20(24)26-21(18-10-8-6-9-11-18)22(25)23-19-15-16(2)13-14-17(19)3/h4-15,21H,1-3H3,(H,23,25)/b5-4+,12-7+. The molecule has 0 saturated heterocycles. The number of benzene rings is 2. The molecule has 0 aliphatic heterocycles. The maximum absolute atomic E-state index is 12.8. The van der Waals surface area contributed by atoms with Gasteiger partial charge in [0.2, 0.25) is 6.10 Å². The van der Waals surface area contributed by atoms with Crippen molar-refractivity contribution in [3.63, 3.8) is 0 Å². The lowest BCUT2D eigenvalue weighted by molar-refractivity contribution is -0.149. The fraction of sp³-hybridized carbons (Fsp3) is 0.182. The number of ether oxygens (including phenoxy) is 1. The summed E-state index contributed by atoms with van der Waals surface area (Å²) < 4.78 is 5.42. The van der Waals surface area contributed by atoms with Crippen LogP contribution in [0.4, 0.5) is 5.69 Å². The minimum atomic E-state index is -1.03. The second-order valence-corrected chi connectivity index (χ2v) is 5.92. The SMILES string of the molecule is C/C=C/C=C/C(=O)OC(C(=O)Nc1cc(C)ccc1C)c1ccccc1. The molecule has 0 bridgehead atoms. The van der Waals surface area contributed by atoms with Gasteiger partial charge in [-0.1, -0.05) is 60.7 Å². The minimum Gasteiger partial charge on any atom is -0.444 e. The van der Waals surface area contributed by atoms with Gasteiger partial charge in [0.25, 0.3) is 5.91 Å². The fourth-order valence-electron chi connectivity index (χ4n) is 2.37. The van der Waals surface area contributed by atoms with Gasteiger partial charge < -0.3 is 10.1 Å². The number of amides is 1. The molecule has 0 aliphatic carbocycles. The molecular weight excluding hydrogens is 326 g/mol. The van der Waals surface area contributed by atoms with E-state index in [1.165, 1.54) is 6.08 Å². The third-order valence-corrected chi connectivity index (χ3v) is 3.76. The molecule has 4 nitrogen and oxygen atoms in total. The number of hydrogen-bond acceptors (Lipinski definition) is 3. The molecule has 1 amide bonds. The predicted octanol–water partition coefficient (Wildman–Crippen LogP) is 4.66. The second kappa shape index (κ2) is 9.37. The quantitative estimate of drug-likeness (QED) is 0.469. The Balaban J connectivity index is 2.24. The molecule has 26 heavy (non-hydrogen) atoms. The lowest BCUT2D eigenvalue weighted by Crippen LogP contribution is -2.25. The summed E-state index contributed by atoms with van der Waals surface area (Å²) in [7, 11) is 0. The molecule has 0 radical (unpaired) electrons. The molecule has 4 heteroatoms. The van der Waals surface area contributed by atoms with Crippen LogP contribution >= 0.6 is 0 Å². The van der Waals surface area contributed by atoms with Crippen molar-refractivity contribution >= 4 is 17.6 Å². The van der Waals surface area contributed by atoms with E-state index in [-0.39, 0.29) is 0 Å². The topological polar surface area (TPSA) is 55.4 Å². The Morgan fingerprint density at radius 1 is 1.04 bits per heavy atom. The van der Waals surface area contributed by atoms with Crippen molar-refractivity contribution in [3.8, 4) is 0 Å². The Kier molecular flexibility index (Phi) is 6.92. The van der Waals surface area contributed by atoms with E-state index in [1.54, 1.807) is 42.5 Å². The minimum absolute atomic E-state index is 0.391. The van der Waals surface area contributed by atoms with E-state index >= 15 is 0 Å². The van der Waals surface area contributed by atoms with Gasteiger partial charge in [0.05, 0.1) is 0 Å². The summed E-state index contributed by atoms with van der Waals surface area (Å²) in [6, 6.07) is 14.8. The van der Waals surface area contributed by atoms with E-state index in [0.29, 0.717) is 11.3 Å². The highest BCUT2D eigenvalue weighted by atomic mass is 16.5. The molecule has 1 N–H and O–H groups in total. The maximum Gasteiger partial charge on any atom is 0.331 e. The number of rotatable bonds is 6. The number of hydrogen-bond donors (Lipinski definition) is 1. The number of anilines is 1. The smallest absolute Gasteiger partial charge is 0.331 e. The maximum atomic E-state index is 12.8. The fourth-order valence-corrected chi connectivity index (χ4v) is 2.37. The molecule has 2 aromatic carbocycles. The number of carbonyl (C=O) groups excluding carboxylic acids is 2. The van der Waals surface area contributed by atoms with E-state index in [4.69, 9.17) is 4.74 Å². The van der Waals surface area contributed by atoms with Crippen LogP contribution in [0.1, 0.15) is 29.7 Å². The van der Waals surface area contributed by atoms with Crippen LogP contribution in [0.3, 0.4) is 0 Å². The molecule has 0 spiro atoms. The zero-order valence-electron chi connectivity index (χ0n) is 15.2. The number of carbonyl (C=O) groups is 2. The van der Waals surface area contributed by atoms with E-state index in [9.17, 15) is 9.59 Å². The monoisotopic (exact) mass is 349 g/mol. The summed E-state index contributed by atoms with van der Waals surface area (Å²) in [6.07, 6.45) is 5.35. The van der Waals surface area contributed by atoms with Crippen LogP contribution in [0.2, 0.25) is 0 Å². The van der Waals surface area contributed by atoms with Gasteiger partial charge in [-0.25, -0.2) is 4.79 Å². The van der Waals surface area contributed by atoms with Crippen LogP contribution in [0.5, 0.6) is 0 Å². The summed E-state index contributed by atoms with van der Waals surface area (Å²) in [5.74, 6) is -0.967. The van der Waals surface area contributed by atoms with Crippen molar-refractivity contribution < 1.29 is 14.3 Å². The third-order valence-electron chi connectivity index (χ3n) is 3.76. The van der Waals surface area contributed by atoms with Crippen molar-refractivity contribution in [1.29, 1.82) is 0 Å². The number of nitrogens with one attached hydrogen (secondary N) is 1. The van der Waals surface area contributed by atoms with Crippen LogP contribution in [0, 0.1) is 13.8 Å². The van der Waals surface area contributed by atoms with Gasteiger partial charge in [0.1, 0.15) is 0 Å². The van der Waals surface area contributed by atoms with Crippen LogP contribution in [-0.2, 0) is 14.3 Å². The Bertz CT molecular complexity index is 823. The Morgan fingerprint density at radius 3 is 2.46 bits per heavy atom. The Morgan fingerprint density at radius 2 is 1.77 bits per heavy atom. The van der Waals surface area contributed by atoms with Crippen LogP contribution in [0.15, 0.2) is 72.8 Å². The molecule has 0 saturated carbocycles. The molecule has 1 atom stereocenters. The first-order chi connectivity index (χ1) is 12.5. The largest absolute Gasteiger partial charge is 0.444 e. The zero-order chi connectivity index (χ0) is 18.9. The van der Waals surface area contributed by atoms with Crippen molar-refractivity contribution in [3.05, 3.63) is 89.5 Å². The van der Waals surface area contributed by atoms with Crippen LogP contribution in [-0.4, -0.2) is 11.9 Å². The molecule has 0 heterocycles. The lowest BCUT2D eigenvalue weighted by Gasteiger charge is -2.18. The Hall–Kier alpha value is -3.14. The molecule has 2 rings (SSSR count). The highest BCUT2D eigenvalue weighted by Crippen LogP contribution is 2.22. The van der Waals surface area contributed by atoms with Gasteiger partial charge in [0.15, 0.2) is 0 Å².